The molecule has 0 bridgehead atoms. The zero-order chi connectivity index (χ0) is 14.5. The average molecular weight is 274 g/mol. The fourth-order valence-corrected chi connectivity index (χ4v) is 2.25. The maximum absolute atomic E-state index is 11.6. The number of para-hydroxylation sites is 1. The van der Waals surface area contributed by atoms with E-state index in [1.54, 1.807) is 0 Å². The lowest BCUT2D eigenvalue weighted by Gasteiger charge is -2.13. The number of aromatic amines is 1. The summed E-state index contributed by atoms with van der Waals surface area (Å²) in [5.41, 5.74) is 2.22. The molecule has 106 valence electrons. The van der Waals surface area contributed by atoms with Crippen molar-refractivity contribution in [1.82, 2.24) is 10.3 Å². The van der Waals surface area contributed by atoms with Crippen molar-refractivity contribution in [2.75, 3.05) is 0 Å². The number of carbonyl (C=O) groups excluding carboxylic acids is 1. The molecular formula is C15H18N2O3. The minimum atomic E-state index is -0.954. The highest BCUT2D eigenvalue weighted by Crippen LogP contribution is 2.18. The Morgan fingerprint density at radius 2 is 2.05 bits per heavy atom. The second kappa shape index (κ2) is 6.23. The summed E-state index contributed by atoms with van der Waals surface area (Å²) < 4.78 is 0. The highest BCUT2D eigenvalue weighted by molar-refractivity contribution is 5.83. The first-order chi connectivity index (χ1) is 9.56. The van der Waals surface area contributed by atoms with Crippen LogP contribution in [0.3, 0.4) is 0 Å². The van der Waals surface area contributed by atoms with Crippen molar-refractivity contribution in [3.05, 3.63) is 36.0 Å². The highest BCUT2D eigenvalue weighted by atomic mass is 16.4. The number of fused-ring (bicyclic) bond motifs is 1. The first kappa shape index (κ1) is 14.1. The quantitative estimate of drug-likeness (QED) is 0.754. The molecule has 0 fully saturated rings. The third-order valence-electron chi connectivity index (χ3n) is 3.17. The Labute approximate surface area is 117 Å². The van der Waals surface area contributed by atoms with Crippen LogP contribution in [-0.4, -0.2) is 28.0 Å². The zero-order valence-electron chi connectivity index (χ0n) is 11.3. The van der Waals surface area contributed by atoms with Gasteiger partial charge in [-0.2, -0.15) is 0 Å². The molecule has 0 saturated heterocycles. The minimum absolute atomic E-state index is 0.0214. The van der Waals surface area contributed by atoms with Gasteiger partial charge in [-0.05, 0) is 25.0 Å². The fraction of sp³-hybridized carbons (Fsp3) is 0.333. The summed E-state index contributed by atoms with van der Waals surface area (Å²) in [6.07, 6.45) is 2.55. The van der Waals surface area contributed by atoms with Crippen molar-refractivity contribution in [2.45, 2.75) is 32.2 Å². The second-order valence-corrected chi connectivity index (χ2v) is 4.93. The van der Waals surface area contributed by atoms with Crippen molar-refractivity contribution in [3.8, 4) is 0 Å². The van der Waals surface area contributed by atoms with Crippen molar-refractivity contribution in [1.29, 1.82) is 0 Å². The number of nitrogens with one attached hydrogen (secondary N) is 2. The summed E-state index contributed by atoms with van der Waals surface area (Å²) in [5, 5.41) is 12.5. The normalized spacial score (nSPS) is 12.2. The Kier molecular flexibility index (Phi) is 4.40. The van der Waals surface area contributed by atoms with Crippen LogP contribution in [0, 0.1) is 0 Å². The average Bonchev–Trinajstić information content (AvgIpc) is 2.80. The Hall–Kier alpha value is -2.30. The Morgan fingerprint density at radius 1 is 1.30 bits per heavy atom. The van der Waals surface area contributed by atoms with E-state index in [0.717, 1.165) is 16.5 Å². The van der Waals surface area contributed by atoms with E-state index < -0.39 is 5.97 Å². The molecule has 2 rings (SSSR count). The zero-order valence-corrected chi connectivity index (χ0v) is 11.3. The summed E-state index contributed by atoms with van der Waals surface area (Å²) in [6, 6.07) is 7.97. The van der Waals surface area contributed by atoms with Gasteiger partial charge in [-0.3, -0.25) is 9.59 Å². The van der Waals surface area contributed by atoms with Crippen LogP contribution in [0.2, 0.25) is 0 Å². The van der Waals surface area contributed by atoms with Gasteiger partial charge in [0, 0.05) is 29.6 Å². The molecule has 0 aliphatic carbocycles. The van der Waals surface area contributed by atoms with Gasteiger partial charge in [0.15, 0.2) is 0 Å². The molecular weight excluding hydrogens is 256 g/mol. The van der Waals surface area contributed by atoms with Crippen LogP contribution in [-0.2, 0) is 16.0 Å². The van der Waals surface area contributed by atoms with E-state index >= 15 is 0 Å². The van der Waals surface area contributed by atoms with Crippen LogP contribution < -0.4 is 5.32 Å². The van der Waals surface area contributed by atoms with Gasteiger partial charge in [-0.25, -0.2) is 0 Å². The number of aliphatic carboxylic acids is 1. The van der Waals surface area contributed by atoms with E-state index in [2.05, 4.69) is 10.3 Å². The number of hydrogen-bond acceptors (Lipinski definition) is 2. The van der Waals surface area contributed by atoms with Gasteiger partial charge < -0.3 is 15.4 Å². The van der Waals surface area contributed by atoms with Gasteiger partial charge in [0.2, 0.25) is 5.91 Å². The lowest BCUT2D eigenvalue weighted by atomic mass is 10.1. The van der Waals surface area contributed by atoms with Gasteiger partial charge in [0.25, 0.3) is 0 Å². The summed E-state index contributed by atoms with van der Waals surface area (Å²) in [4.78, 5) is 25.2. The fourth-order valence-electron chi connectivity index (χ4n) is 2.25. The SMILES string of the molecule is CC(Cc1c[nH]c2ccccc12)NC(=O)CCC(=O)O. The number of carboxylic acid groups (broad SMARTS) is 1. The van der Waals surface area contributed by atoms with Crippen molar-refractivity contribution in [2.24, 2.45) is 0 Å². The third kappa shape index (κ3) is 3.60. The van der Waals surface area contributed by atoms with Crippen molar-refractivity contribution in [3.63, 3.8) is 0 Å². The Bertz CT molecular complexity index is 618. The van der Waals surface area contributed by atoms with Crippen LogP contribution >= 0.6 is 0 Å². The number of carboxylic acids is 1. The van der Waals surface area contributed by atoms with Gasteiger partial charge in [0.05, 0.1) is 6.42 Å². The molecule has 2 aromatic rings. The monoisotopic (exact) mass is 274 g/mol. The van der Waals surface area contributed by atoms with Gasteiger partial charge in [0.1, 0.15) is 0 Å². The summed E-state index contributed by atoms with van der Waals surface area (Å²) in [5.74, 6) is -1.18. The number of rotatable bonds is 6. The van der Waals surface area contributed by atoms with Crippen LogP contribution in [0.15, 0.2) is 30.5 Å². The molecule has 0 saturated carbocycles. The second-order valence-electron chi connectivity index (χ2n) is 4.93. The smallest absolute Gasteiger partial charge is 0.303 e. The molecule has 1 aromatic heterocycles. The highest BCUT2D eigenvalue weighted by Gasteiger charge is 2.11. The van der Waals surface area contributed by atoms with E-state index in [1.807, 2.05) is 37.4 Å². The molecule has 0 spiro atoms. The first-order valence-corrected chi connectivity index (χ1v) is 6.62. The Morgan fingerprint density at radius 3 is 2.80 bits per heavy atom. The standard InChI is InChI=1S/C15H18N2O3/c1-10(17-14(18)6-7-15(19)20)8-11-9-16-13-5-3-2-4-12(11)13/h2-5,9-10,16H,6-8H2,1H3,(H,17,18)(H,19,20). The van der Waals surface area contributed by atoms with E-state index in [4.69, 9.17) is 5.11 Å². The van der Waals surface area contributed by atoms with Crippen LogP contribution in [0.5, 0.6) is 0 Å². The summed E-state index contributed by atoms with van der Waals surface area (Å²) in [6.45, 7) is 1.92. The molecule has 3 N–H and O–H groups in total. The van der Waals surface area contributed by atoms with E-state index in [-0.39, 0.29) is 24.8 Å². The van der Waals surface area contributed by atoms with Crippen LogP contribution in [0.25, 0.3) is 10.9 Å². The molecule has 1 unspecified atom stereocenters. The number of aromatic nitrogens is 1. The van der Waals surface area contributed by atoms with E-state index in [1.165, 1.54) is 0 Å². The summed E-state index contributed by atoms with van der Waals surface area (Å²) >= 11 is 0. The predicted octanol–water partition coefficient (Wildman–Crippen LogP) is 2.08. The predicted molar refractivity (Wildman–Crippen MR) is 76.5 cm³/mol. The molecule has 1 atom stereocenters. The van der Waals surface area contributed by atoms with E-state index in [9.17, 15) is 9.59 Å². The molecule has 1 amide bonds. The first-order valence-electron chi connectivity index (χ1n) is 6.62. The van der Waals surface area contributed by atoms with Crippen LogP contribution in [0.1, 0.15) is 25.3 Å². The third-order valence-corrected chi connectivity index (χ3v) is 3.17. The molecule has 0 aliphatic rings. The molecule has 20 heavy (non-hydrogen) atoms. The van der Waals surface area contributed by atoms with Gasteiger partial charge in [-0.1, -0.05) is 18.2 Å². The largest absolute Gasteiger partial charge is 0.481 e. The maximum Gasteiger partial charge on any atom is 0.303 e. The van der Waals surface area contributed by atoms with Crippen molar-refractivity contribution >= 4 is 22.8 Å². The topological polar surface area (TPSA) is 82.2 Å². The number of carbonyl (C=O) groups is 2. The van der Waals surface area contributed by atoms with Gasteiger partial charge in [-0.15, -0.1) is 0 Å². The lowest BCUT2D eigenvalue weighted by Crippen LogP contribution is -2.34. The molecule has 1 aromatic carbocycles. The Balaban J connectivity index is 1.92. The number of hydrogen-bond donors (Lipinski definition) is 3. The van der Waals surface area contributed by atoms with Gasteiger partial charge >= 0.3 is 5.97 Å². The summed E-state index contributed by atoms with van der Waals surface area (Å²) in [7, 11) is 0. The lowest BCUT2D eigenvalue weighted by molar-refractivity contribution is -0.138. The number of amides is 1. The van der Waals surface area contributed by atoms with Crippen LogP contribution in [0.4, 0.5) is 0 Å². The van der Waals surface area contributed by atoms with E-state index in [0.29, 0.717) is 6.42 Å². The van der Waals surface area contributed by atoms with Crippen molar-refractivity contribution < 1.29 is 14.7 Å². The molecule has 5 nitrogen and oxygen atoms in total. The molecule has 1 heterocycles. The molecule has 5 heteroatoms. The maximum atomic E-state index is 11.6. The molecule has 0 radical (unpaired) electrons. The number of benzene rings is 1. The number of H-pyrrole nitrogens is 1. The minimum Gasteiger partial charge on any atom is -0.481 e. The molecule has 0 aliphatic heterocycles.